The highest BCUT2D eigenvalue weighted by atomic mass is 79.9. The Morgan fingerprint density at radius 2 is 1.95 bits per heavy atom. The molecular weight excluding hydrogens is 373 g/mol. The maximum atomic E-state index is 14.0. The Hall–Kier alpha value is -1.01. The maximum absolute atomic E-state index is 14.0. The fourth-order valence-corrected chi connectivity index (χ4v) is 3.71. The minimum absolute atomic E-state index is 0.159. The number of hydrogen-bond donors (Lipinski definition) is 1. The van der Waals surface area contributed by atoms with E-state index in [4.69, 9.17) is 11.0 Å². The molecule has 1 unspecified atom stereocenters. The predicted octanol–water partition coefficient (Wildman–Crippen LogP) is 2.33. The lowest BCUT2D eigenvalue weighted by Gasteiger charge is -2.33. The van der Waals surface area contributed by atoms with Crippen LogP contribution in [0.4, 0.5) is 4.39 Å². The number of benzene rings is 1. The van der Waals surface area contributed by atoms with E-state index in [0.29, 0.717) is 4.47 Å². The van der Waals surface area contributed by atoms with Crippen molar-refractivity contribution in [1.29, 1.82) is 5.26 Å². The largest absolute Gasteiger partial charge is 0.320 e. The highest BCUT2D eigenvalue weighted by Crippen LogP contribution is 2.28. The van der Waals surface area contributed by atoms with E-state index in [-0.39, 0.29) is 12.1 Å². The number of halogens is 2. The van der Waals surface area contributed by atoms with E-state index < -0.39 is 26.1 Å². The molecule has 0 amide bonds. The molecule has 5 nitrogen and oxygen atoms in total. The number of hydrogen-bond acceptors (Lipinski definition) is 4. The van der Waals surface area contributed by atoms with E-state index in [0.717, 1.165) is 4.31 Å². The minimum Gasteiger partial charge on any atom is -0.320 e. The van der Waals surface area contributed by atoms with Gasteiger partial charge < -0.3 is 5.73 Å². The summed E-state index contributed by atoms with van der Waals surface area (Å²) in [6, 6.07) is 6.07. The van der Waals surface area contributed by atoms with Gasteiger partial charge in [-0.3, -0.25) is 0 Å². The van der Waals surface area contributed by atoms with Crippen LogP contribution in [0.5, 0.6) is 0 Å². The second-order valence-corrected chi connectivity index (χ2v) is 9.43. The van der Waals surface area contributed by atoms with Gasteiger partial charge >= 0.3 is 0 Å². The zero-order valence-corrected chi connectivity index (χ0v) is 15.3. The number of rotatable bonds is 5. The van der Waals surface area contributed by atoms with Crippen LogP contribution in [-0.2, 0) is 15.6 Å². The van der Waals surface area contributed by atoms with Crippen molar-refractivity contribution in [2.45, 2.75) is 31.1 Å². The second kappa shape index (κ2) is 6.24. The molecule has 122 valence electrons. The molecule has 0 radical (unpaired) electrons. The first-order chi connectivity index (χ1) is 9.85. The third-order valence-corrected chi connectivity index (χ3v) is 6.24. The summed E-state index contributed by atoms with van der Waals surface area (Å²) < 4.78 is 38.8. The topological polar surface area (TPSA) is 87.2 Å². The van der Waals surface area contributed by atoms with E-state index in [9.17, 15) is 12.8 Å². The zero-order chi connectivity index (χ0) is 17.3. The molecule has 0 aliphatic heterocycles. The van der Waals surface area contributed by atoms with Gasteiger partial charge in [-0.1, -0.05) is 15.9 Å². The van der Waals surface area contributed by atoms with Gasteiger partial charge in [-0.25, -0.2) is 17.1 Å². The Bertz CT molecular complexity index is 711. The zero-order valence-electron chi connectivity index (χ0n) is 12.9. The summed E-state index contributed by atoms with van der Waals surface area (Å²) >= 11 is 3.24. The van der Waals surface area contributed by atoms with Crippen molar-refractivity contribution >= 4 is 26.0 Å². The molecule has 0 heterocycles. The number of sulfonamides is 1. The van der Waals surface area contributed by atoms with Crippen LogP contribution in [-0.4, -0.2) is 31.1 Å². The predicted molar refractivity (Wildman–Crippen MR) is 86.9 cm³/mol. The first-order valence-electron chi connectivity index (χ1n) is 6.47. The van der Waals surface area contributed by atoms with E-state index >= 15 is 0 Å². The van der Waals surface area contributed by atoms with E-state index in [2.05, 4.69) is 15.9 Å². The summed E-state index contributed by atoms with van der Waals surface area (Å²) in [7, 11) is -2.57. The molecule has 0 aromatic heterocycles. The molecule has 0 aliphatic carbocycles. The van der Waals surface area contributed by atoms with Gasteiger partial charge in [-0.15, -0.1) is 0 Å². The molecule has 0 spiro atoms. The lowest BCUT2D eigenvalue weighted by Crippen LogP contribution is -2.50. The molecule has 1 atom stereocenters. The van der Waals surface area contributed by atoms with E-state index in [1.54, 1.807) is 13.0 Å². The molecule has 0 aliphatic rings. The van der Waals surface area contributed by atoms with Crippen molar-refractivity contribution in [3.8, 4) is 6.07 Å². The van der Waals surface area contributed by atoms with E-state index in [1.165, 1.54) is 39.1 Å². The van der Waals surface area contributed by atoms with Crippen LogP contribution in [0.3, 0.4) is 0 Å². The first kappa shape index (κ1) is 19.0. The van der Waals surface area contributed by atoms with Crippen molar-refractivity contribution in [2.75, 3.05) is 13.6 Å². The van der Waals surface area contributed by atoms with Gasteiger partial charge in [0.2, 0.25) is 10.0 Å². The van der Waals surface area contributed by atoms with Gasteiger partial charge in [-0.2, -0.15) is 5.26 Å². The summed E-state index contributed by atoms with van der Waals surface area (Å²) in [5.41, 5.74) is 5.08. The fraction of sp³-hybridized carbons (Fsp3) is 0.500. The number of nitrogens with two attached hydrogens (primary N) is 1. The van der Waals surface area contributed by atoms with Crippen LogP contribution in [0, 0.1) is 17.1 Å². The van der Waals surface area contributed by atoms with Crippen LogP contribution in [0.25, 0.3) is 0 Å². The molecule has 1 rings (SSSR count). The third-order valence-electron chi connectivity index (χ3n) is 3.42. The molecule has 0 fully saturated rings. The Morgan fingerprint density at radius 3 is 2.45 bits per heavy atom. The van der Waals surface area contributed by atoms with Gasteiger partial charge in [0.15, 0.2) is 4.75 Å². The molecule has 1 aromatic rings. The average molecular weight is 392 g/mol. The molecule has 0 saturated carbocycles. The second-order valence-electron chi connectivity index (χ2n) is 5.92. The summed E-state index contributed by atoms with van der Waals surface area (Å²) in [6.45, 7) is 4.01. The highest BCUT2D eigenvalue weighted by Gasteiger charge is 2.40. The highest BCUT2D eigenvalue weighted by molar-refractivity contribution is 9.10. The Balaban J connectivity index is 3.18. The van der Waals surface area contributed by atoms with Crippen LogP contribution < -0.4 is 5.73 Å². The molecule has 1 aromatic carbocycles. The lowest BCUT2D eigenvalue weighted by molar-refractivity contribution is 0.344. The summed E-state index contributed by atoms with van der Waals surface area (Å²) in [5, 5.41) is 9.02. The van der Waals surface area contributed by atoms with Gasteiger partial charge in [0.05, 0.1) is 11.6 Å². The monoisotopic (exact) mass is 391 g/mol. The number of likely N-dealkylation sites (N-methyl/N-ethyl adjacent to an activating group) is 1. The summed E-state index contributed by atoms with van der Waals surface area (Å²) in [5.74, 6) is -0.515. The third kappa shape index (κ3) is 3.66. The van der Waals surface area contributed by atoms with Crippen molar-refractivity contribution in [2.24, 2.45) is 5.73 Å². The normalized spacial score (nSPS) is 15.4. The Labute approximate surface area is 139 Å². The minimum atomic E-state index is -3.89. The fourth-order valence-electron chi connectivity index (χ4n) is 2.02. The Kier molecular flexibility index (Phi) is 5.40. The molecule has 0 bridgehead atoms. The summed E-state index contributed by atoms with van der Waals surface area (Å²) in [4.78, 5) is 0. The van der Waals surface area contributed by atoms with Crippen LogP contribution in [0.1, 0.15) is 26.3 Å². The van der Waals surface area contributed by atoms with Gasteiger partial charge in [0.1, 0.15) is 5.82 Å². The van der Waals surface area contributed by atoms with Crippen molar-refractivity contribution in [3.63, 3.8) is 0 Å². The molecule has 2 N–H and O–H groups in total. The molecule has 0 saturated heterocycles. The Morgan fingerprint density at radius 1 is 1.41 bits per heavy atom. The van der Waals surface area contributed by atoms with E-state index in [1.807, 2.05) is 0 Å². The van der Waals surface area contributed by atoms with Crippen LogP contribution >= 0.6 is 15.9 Å². The SMILES string of the molecule is CN(CC(C)(N)c1cc(Br)ccc1F)S(=O)(=O)C(C)(C)C#N. The maximum Gasteiger partial charge on any atom is 0.232 e. The summed E-state index contributed by atoms with van der Waals surface area (Å²) in [6.07, 6.45) is 0. The van der Waals surface area contributed by atoms with Crippen molar-refractivity contribution in [3.05, 3.63) is 34.1 Å². The van der Waals surface area contributed by atoms with Gasteiger partial charge in [-0.05, 0) is 39.0 Å². The van der Waals surface area contributed by atoms with Crippen LogP contribution in [0.2, 0.25) is 0 Å². The standard InChI is InChI=1S/C14H19BrFN3O2S/c1-13(2,8-17)22(20,21)19(4)9-14(3,18)11-7-10(15)5-6-12(11)16/h5-7H,9,18H2,1-4H3. The van der Waals surface area contributed by atoms with Crippen LogP contribution in [0.15, 0.2) is 22.7 Å². The van der Waals surface area contributed by atoms with Gasteiger partial charge in [0, 0.05) is 23.6 Å². The molecule has 22 heavy (non-hydrogen) atoms. The first-order valence-corrected chi connectivity index (χ1v) is 8.70. The smallest absolute Gasteiger partial charge is 0.232 e. The van der Waals surface area contributed by atoms with Gasteiger partial charge in [0.25, 0.3) is 0 Å². The molecule has 8 heteroatoms. The number of nitrogens with zero attached hydrogens (tertiary/aromatic N) is 2. The molecular formula is C14H19BrFN3O2S. The number of nitriles is 1. The lowest BCUT2D eigenvalue weighted by atomic mass is 9.93. The quantitative estimate of drug-likeness (QED) is 0.833. The van der Waals surface area contributed by atoms with Crippen molar-refractivity contribution in [1.82, 2.24) is 4.31 Å². The average Bonchev–Trinajstić information content (AvgIpc) is 2.40. The van der Waals surface area contributed by atoms with Crippen molar-refractivity contribution < 1.29 is 12.8 Å².